The maximum absolute atomic E-state index is 4.85. The SMILES string of the molecule is Cc1cccc(N2N=C(c3ccccc3)[NH2+]N2c2ccccc2)c1. The third-order valence-corrected chi connectivity index (χ3v) is 3.97. The van der Waals surface area contributed by atoms with Crippen LogP contribution in [0.15, 0.2) is 90.0 Å². The summed E-state index contributed by atoms with van der Waals surface area (Å²) in [5.74, 6) is 0.945. The van der Waals surface area contributed by atoms with E-state index in [0.717, 1.165) is 22.8 Å². The molecule has 0 radical (unpaired) electrons. The predicted octanol–water partition coefficient (Wildman–Crippen LogP) is 3.08. The Morgan fingerprint density at radius 2 is 1.42 bits per heavy atom. The van der Waals surface area contributed by atoms with Crippen LogP contribution in [-0.4, -0.2) is 5.84 Å². The highest BCUT2D eigenvalue weighted by Crippen LogP contribution is 2.23. The summed E-state index contributed by atoms with van der Waals surface area (Å²) in [4.78, 5) is 0. The number of amidine groups is 1. The summed E-state index contributed by atoms with van der Waals surface area (Å²) < 4.78 is 0. The summed E-state index contributed by atoms with van der Waals surface area (Å²) in [5, 5.41) is 8.88. The number of anilines is 2. The van der Waals surface area contributed by atoms with E-state index in [4.69, 9.17) is 5.10 Å². The van der Waals surface area contributed by atoms with Crippen molar-refractivity contribution in [1.82, 2.24) is 0 Å². The average Bonchev–Trinajstić information content (AvgIpc) is 3.09. The Labute approximate surface area is 141 Å². The maximum atomic E-state index is 4.85. The molecule has 4 heteroatoms. The summed E-state index contributed by atoms with van der Waals surface area (Å²) >= 11 is 0. The number of quaternary nitrogens is 1. The number of aryl methyl sites for hydroxylation is 1. The van der Waals surface area contributed by atoms with Crippen LogP contribution in [0, 0.1) is 6.92 Å². The number of hydrazone groups is 1. The molecular formula is C20H19N4+. The quantitative estimate of drug-likeness (QED) is 0.754. The van der Waals surface area contributed by atoms with Gasteiger partial charge < -0.3 is 0 Å². The minimum Gasteiger partial charge on any atom is -0.172 e. The maximum Gasteiger partial charge on any atom is 0.277 e. The minimum absolute atomic E-state index is 0.945. The molecule has 0 fully saturated rings. The van der Waals surface area contributed by atoms with Crippen molar-refractivity contribution in [3.8, 4) is 0 Å². The van der Waals surface area contributed by atoms with Crippen molar-refractivity contribution in [2.45, 2.75) is 6.92 Å². The van der Waals surface area contributed by atoms with Gasteiger partial charge >= 0.3 is 0 Å². The fourth-order valence-corrected chi connectivity index (χ4v) is 2.79. The second kappa shape index (κ2) is 6.18. The van der Waals surface area contributed by atoms with Gasteiger partial charge in [-0.25, -0.2) is 0 Å². The van der Waals surface area contributed by atoms with Gasteiger partial charge in [0.05, 0.1) is 11.3 Å². The number of hydrogen-bond acceptors (Lipinski definition) is 3. The zero-order valence-corrected chi connectivity index (χ0v) is 13.5. The van der Waals surface area contributed by atoms with Gasteiger partial charge in [0.25, 0.3) is 5.84 Å². The standard InChI is InChI=1S/C20H18N4/c1-16-9-8-14-19(15-16)24-22-20(17-10-4-2-5-11-17)21-23(24)18-12-6-3-7-13-18/h2-15H,1H3,(H,21,22)/p+1. The zero-order chi connectivity index (χ0) is 16.4. The Bertz CT molecular complexity index is 859. The smallest absolute Gasteiger partial charge is 0.172 e. The Morgan fingerprint density at radius 3 is 2.12 bits per heavy atom. The van der Waals surface area contributed by atoms with Crippen LogP contribution in [0.2, 0.25) is 0 Å². The molecule has 1 aliphatic heterocycles. The normalized spacial score (nSPS) is 14.0. The van der Waals surface area contributed by atoms with E-state index in [1.807, 2.05) is 41.5 Å². The summed E-state index contributed by atoms with van der Waals surface area (Å²) in [7, 11) is 0. The van der Waals surface area contributed by atoms with E-state index < -0.39 is 0 Å². The van der Waals surface area contributed by atoms with E-state index in [9.17, 15) is 0 Å². The molecule has 1 heterocycles. The molecule has 24 heavy (non-hydrogen) atoms. The monoisotopic (exact) mass is 315 g/mol. The van der Waals surface area contributed by atoms with Crippen molar-refractivity contribution in [2.75, 3.05) is 10.2 Å². The highest BCUT2D eigenvalue weighted by molar-refractivity contribution is 5.93. The first kappa shape index (κ1) is 14.5. The molecule has 0 spiro atoms. The molecule has 3 aromatic rings. The molecule has 4 rings (SSSR count). The number of rotatable bonds is 3. The van der Waals surface area contributed by atoms with Gasteiger partial charge in [0.2, 0.25) is 0 Å². The summed E-state index contributed by atoms with van der Waals surface area (Å²) in [5.41, 5.74) is 6.51. The summed E-state index contributed by atoms with van der Waals surface area (Å²) in [6.07, 6.45) is 0. The van der Waals surface area contributed by atoms with Crippen molar-refractivity contribution in [2.24, 2.45) is 5.10 Å². The Hall–Kier alpha value is -3.11. The van der Waals surface area contributed by atoms with E-state index in [1.54, 1.807) is 0 Å². The largest absolute Gasteiger partial charge is 0.277 e. The van der Waals surface area contributed by atoms with Gasteiger partial charge in [-0.1, -0.05) is 53.6 Å². The van der Waals surface area contributed by atoms with E-state index in [1.165, 1.54) is 5.56 Å². The molecule has 0 saturated carbocycles. The second-order valence-corrected chi connectivity index (χ2v) is 5.79. The molecule has 2 N–H and O–H groups in total. The van der Waals surface area contributed by atoms with Crippen LogP contribution >= 0.6 is 0 Å². The van der Waals surface area contributed by atoms with Gasteiger partial charge in [0.1, 0.15) is 5.69 Å². The number of para-hydroxylation sites is 1. The van der Waals surface area contributed by atoms with Crippen molar-refractivity contribution in [3.05, 3.63) is 96.1 Å². The Kier molecular flexibility index (Phi) is 3.73. The first-order chi connectivity index (χ1) is 11.8. The fraction of sp³-hybridized carbons (Fsp3) is 0.0500. The molecule has 0 atom stereocenters. The van der Waals surface area contributed by atoms with Crippen molar-refractivity contribution in [1.29, 1.82) is 0 Å². The molecule has 0 aromatic heterocycles. The highest BCUT2D eigenvalue weighted by atomic mass is 15.9. The molecule has 4 nitrogen and oxygen atoms in total. The first-order valence-electron chi connectivity index (χ1n) is 8.01. The Morgan fingerprint density at radius 1 is 0.750 bits per heavy atom. The van der Waals surface area contributed by atoms with Gasteiger partial charge in [-0.05, 0) is 48.9 Å². The minimum atomic E-state index is 0.945. The van der Waals surface area contributed by atoms with Crippen molar-refractivity contribution >= 4 is 17.2 Å². The van der Waals surface area contributed by atoms with Crippen LogP contribution in [0.25, 0.3) is 0 Å². The second-order valence-electron chi connectivity index (χ2n) is 5.79. The molecule has 1 aliphatic rings. The lowest BCUT2D eigenvalue weighted by atomic mass is 10.2. The van der Waals surface area contributed by atoms with Crippen LogP contribution in [0.1, 0.15) is 11.1 Å². The third-order valence-electron chi connectivity index (χ3n) is 3.97. The fourth-order valence-electron chi connectivity index (χ4n) is 2.79. The zero-order valence-electron chi connectivity index (χ0n) is 13.5. The van der Waals surface area contributed by atoms with Crippen LogP contribution in [0.3, 0.4) is 0 Å². The van der Waals surface area contributed by atoms with E-state index in [-0.39, 0.29) is 0 Å². The lowest BCUT2D eigenvalue weighted by Gasteiger charge is -2.23. The highest BCUT2D eigenvalue weighted by Gasteiger charge is 2.30. The van der Waals surface area contributed by atoms with Crippen LogP contribution in [-0.2, 0) is 0 Å². The average molecular weight is 315 g/mol. The van der Waals surface area contributed by atoms with Crippen LogP contribution < -0.4 is 15.7 Å². The lowest BCUT2D eigenvalue weighted by Crippen LogP contribution is -2.96. The van der Waals surface area contributed by atoms with Gasteiger partial charge in [0.15, 0.2) is 0 Å². The van der Waals surface area contributed by atoms with E-state index in [0.29, 0.717) is 0 Å². The molecule has 0 aliphatic carbocycles. The number of nitrogens with two attached hydrogens (primary N) is 1. The third kappa shape index (κ3) is 2.75. The van der Waals surface area contributed by atoms with Crippen molar-refractivity contribution < 1.29 is 5.43 Å². The number of nitrogens with zero attached hydrogens (tertiary/aromatic N) is 3. The number of hydrogen-bond donors (Lipinski definition) is 1. The summed E-state index contributed by atoms with van der Waals surface area (Å²) in [6, 6.07) is 28.9. The molecular weight excluding hydrogens is 296 g/mol. The van der Waals surface area contributed by atoms with Gasteiger partial charge in [0, 0.05) is 0 Å². The topological polar surface area (TPSA) is 35.5 Å². The van der Waals surface area contributed by atoms with Crippen LogP contribution in [0.4, 0.5) is 11.4 Å². The molecule has 0 saturated heterocycles. The van der Waals surface area contributed by atoms with Crippen LogP contribution in [0.5, 0.6) is 0 Å². The lowest BCUT2D eigenvalue weighted by molar-refractivity contribution is -0.545. The summed E-state index contributed by atoms with van der Waals surface area (Å²) in [6.45, 7) is 2.10. The molecule has 0 bridgehead atoms. The number of benzene rings is 3. The molecule has 3 aromatic carbocycles. The first-order valence-corrected chi connectivity index (χ1v) is 8.01. The van der Waals surface area contributed by atoms with Gasteiger partial charge in [-0.3, -0.25) is 0 Å². The molecule has 0 amide bonds. The molecule has 118 valence electrons. The van der Waals surface area contributed by atoms with E-state index in [2.05, 4.69) is 66.0 Å². The predicted molar refractivity (Wildman–Crippen MR) is 97.5 cm³/mol. The number of hydrazine groups is 1. The van der Waals surface area contributed by atoms with E-state index >= 15 is 0 Å². The van der Waals surface area contributed by atoms with Gasteiger partial charge in [-0.2, -0.15) is 5.43 Å². The Balaban J connectivity index is 1.77. The van der Waals surface area contributed by atoms with Crippen molar-refractivity contribution in [3.63, 3.8) is 0 Å². The molecule has 0 unspecified atom stereocenters. The van der Waals surface area contributed by atoms with Gasteiger partial charge in [-0.15, -0.1) is 10.2 Å².